The van der Waals surface area contributed by atoms with Crippen LogP contribution in [-0.2, 0) is 30.4 Å². The Kier molecular flexibility index (Phi) is 6.80. The number of rotatable bonds is 8. The van der Waals surface area contributed by atoms with Gasteiger partial charge in [-0.15, -0.1) is 0 Å². The fourth-order valence-electron chi connectivity index (χ4n) is 2.71. The molecule has 0 saturated carbocycles. The van der Waals surface area contributed by atoms with Crippen LogP contribution >= 0.6 is 0 Å². The fourth-order valence-corrected chi connectivity index (χ4v) is 2.71. The molecule has 0 bridgehead atoms. The summed E-state index contributed by atoms with van der Waals surface area (Å²) in [6, 6.07) is 2.24. The van der Waals surface area contributed by atoms with Crippen molar-refractivity contribution in [3.63, 3.8) is 0 Å². The lowest BCUT2D eigenvalue weighted by molar-refractivity contribution is -0.384. The Balaban J connectivity index is 2.09. The minimum absolute atomic E-state index is 0.181. The maximum atomic E-state index is 12.4. The van der Waals surface area contributed by atoms with Gasteiger partial charge in [0.05, 0.1) is 4.92 Å². The second-order valence-corrected chi connectivity index (χ2v) is 7.70. The number of alkyl carbamates (subject to hydrolysis) is 1. The van der Waals surface area contributed by atoms with E-state index in [-0.39, 0.29) is 12.1 Å². The van der Waals surface area contributed by atoms with E-state index in [0.717, 1.165) is 0 Å². The minimum atomic E-state index is -1.60. The van der Waals surface area contributed by atoms with Crippen LogP contribution in [0.25, 0.3) is 0 Å². The van der Waals surface area contributed by atoms with Gasteiger partial charge in [-0.3, -0.25) is 24.5 Å². The zero-order valence-corrected chi connectivity index (χ0v) is 16.9. The smallest absolute Gasteiger partial charge is 0.408 e. The molecule has 1 saturated heterocycles. The third-order valence-corrected chi connectivity index (χ3v) is 4.10. The number of nitrogens with zero attached hydrogens (tertiary/aromatic N) is 2. The number of hydroxylamine groups is 2. The highest BCUT2D eigenvalue weighted by Crippen LogP contribution is 2.24. The van der Waals surface area contributed by atoms with Crippen LogP contribution < -0.4 is 11.1 Å². The minimum Gasteiger partial charge on any atom is -0.479 e. The Morgan fingerprint density at radius 2 is 1.87 bits per heavy atom. The van der Waals surface area contributed by atoms with Gasteiger partial charge in [0.15, 0.2) is 12.1 Å². The van der Waals surface area contributed by atoms with Crippen molar-refractivity contribution in [3.05, 3.63) is 39.9 Å². The molecule has 13 heteroatoms. The Hall–Kier alpha value is -3.74. The van der Waals surface area contributed by atoms with Gasteiger partial charge in [0.2, 0.25) is 5.91 Å². The van der Waals surface area contributed by atoms with E-state index in [0.29, 0.717) is 10.6 Å². The van der Waals surface area contributed by atoms with Crippen molar-refractivity contribution in [2.45, 2.75) is 51.0 Å². The van der Waals surface area contributed by atoms with E-state index in [1.54, 1.807) is 20.8 Å². The summed E-state index contributed by atoms with van der Waals surface area (Å²) in [4.78, 5) is 62.9. The lowest BCUT2D eigenvalue weighted by Crippen LogP contribution is -2.75. The number of nitrogens with two attached hydrogens (primary N) is 1. The molecule has 0 aliphatic carbocycles. The van der Waals surface area contributed by atoms with E-state index in [1.807, 2.05) is 0 Å². The number of non-ortho nitro benzene ring substituents is 1. The van der Waals surface area contributed by atoms with Gasteiger partial charge in [-0.1, -0.05) is 12.1 Å². The normalized spacial score (nSPS) is 19.2. The number of β-lactam (4-membered cyclic amide) rings is 1. The number of nitro benzene ring substituents is 1. The highest BCUT2D eigenvalue weighted by molar-refractivity contribution is 6.02. The lowest BCUT2D eigenvalue weighted by Gasteiger charge is -2.44. The molecule has 1 heterocycles. The summed E-state index contributed by atoms with van der Waals surface area (Å²) >= 11 is 0. The molecule has 1 aliphatic heterocycles. The van der Waals surface area contributed by atoms with Gasteiger partial charge in [0, 0.05) is 18.6 Å². The van der Waals surface area contributed by atoms with Crippen LogP contribution in [0.1, 0.15) is 26.3 Å². The van der Waals surface area contributed by atoms with Crippen molar-refractivity contribution in [3.8, 4) is 0 Å². The Morgan fingerprint density at radius 3 is 2.32 bits per heavy atom. The fraction of sp³-hybridized carbons (Fsp3) is 0.444. The number of carbonyl (C=O) groups excluding carboxylic acids is 3. The van der Waals surface area contributed by atoms with Crippen molar-refractivity contribution < 1.29 is 38.8 Å². The summed E-state index contributed by atoms with van der Waals surface area (Å²) in [7, 11) is 0. The van der Waals surface area contributed by atoms with Crippen molar-refractivity contribution in [1.29, 1.82) is 0 Å². The zero-order chi connectivity index (χ0) is 23.5. The van der Waals surface area contributed by atoms with Crippen molar-refractivity contribution >= 4 is 29.6 Å². The average molecular weight is 438 g/mol. The number of aliphatic carboxylic acids is 1. The Bertz CT molecular complexity index is 894. The molecule has 1 unspecified atom stereocenters. The van der Waals surface area contributed by atoms with Gasteiger partial charge >= 0.3 is 12.1 Å². The highest BCUT2D eigenvalue weighted by Gasteiger charge is 2.54. The van der Waals surface area contributed by atoms with E-state index in [1.165, 1.54) is 24.3 Å². The van der Waals surface area contributed by atoms with E-state index in [9.17, 15) is 34.4 Å². The second-order valence-electron chi connectivity index (χ2n) is 7.70. The molecule has 0 radical (unpaired) electrons. The van der Waals surface area contributed by atoms with Crippen molar-refractivity contribution in [1.82, 2.24) is 10.4 Å². The lowest BCUT2D eigenvalue weighted by atomic mass is 9.97. The molecule has 168 valence electrons. The van der Waals surface area contributed by atoms with Gasteiger partial charge < -0.3 is 20.9 Å². The number of carbonyl (C=O) groups is 4. The zero-order valence-electron chi connectivity index (χ0n) is 16.9. The van der Waals surface area contributed by atoms with Crippen LogP contribution in [0.15, 0.2) is 24.3 Å². The van der Waals surface area contributed by atoms with Gasteiger partial charge in [-0.05, 0) is 26.3 Å². The number of benzene rings is 1. The van der Waals surface area contributed by atoms with Crippen LogP contribution in [0.4, 0.5) is 10.5 Å². The molecular formula is C18H22N4O9. The van der Waals surface area contributed by atoms with Gasteiger partial charge in [-0.25, -0.2) is 14.7 Å². The average Bonchev–Trinajstić information content (AvgIpc) is 2.63. The van der Waals surface area contributed by atoms with Crippen LogP contribution in [-0.4, -0.2) is 62.8 Å². The van der Waals surface area contributed by atoms with Crippen LogP contribution in [0.3, 0.4) is 0 Å². The summed E-state index contributed by atoms with van der Waals surface area (Å²) in [5.74, 6) is -3.36. The molecule has 3 amide bonds. The predicted octanol–water partition coefficient (Wildman–Crippen LogP) is 0.112. The molecular weight excluding hydrogens is 416 g/mol. The number of amides is 3. The molecule has 0 aromatic heterocycles. The van der Waals surface area contributed by atoms with Crippen LogP contribution in [0, 0.1) is 10.1 Å². The molecule has 1 fully saturated rings. The molecule has 1 aromatic carbocycles. The number of nitrogens with one attached hydrogen (secondary N) is 1. The van der Waals surface area contributed by atoms with Crippen LogP contribution in [0.5, 0.6) is 0 Å². The number of carboxylic acids is 1. The van der Waals surface area contributed by atoms with E-state index < -0.39 is 52.6 Å². The maximum Gasteiger partial charge on any atom is 0.408 e. The molecule has 4 N–H and O–H groups in total. The van der Waals surface area contributed by atoms with Gasteiger partial charge in [0.25, 0.3) is 11.6 Å². The molecule has 1 aliphatic rings. The molecule has 2 rings (SSSR count). The summed E-state index contributed by atoms with van der Waals surface area (Å²) in [6.07, 6.45) is -2.82. The summed E-state index contributed by atoms with van der Waals surface area (Å²) in [5.41, 5.74) is 4.62. The first-order valence-corrected chi connectivity index (χ1v) is 9.05. The van der Waals surface area contributed by atoms with E-state index in [4.69, 9.17) is 15.3 Å². The number of ether oxygens (including phenoxy) is 1. The first-order valence-electron chi connectivity index (χ1n) is 9.05. The maximum absolute atomic E-state index is 12.4. The van der Waals surface area contributed by atoms with Gasteiger partial charge in [-0.2, -0.15) is 0 Å². The summed E-state index contributed by atoms with van der Waals surface area (Å²) in [6.45, 7) is 4.81. The third kappa shape index (κ3) is 5.88. The first-order chi connectivity index (χ1) is 14.3. The standard InChI is InChI=1S/C18H22N4O9/c1-18(2,3)30-17(27)20-12-13(14(19)23)21(15(12)24)31-11(16(25)26)8-9-4-6-10(7-5-9)22(28)29/h4-7,11-13H,8H2,1-3H3,(H2,19,23)(H,20,27)(H,25,26)/t11?,12-,13-/m0/s1. The molecule has 0 spiro atoms. The van der Waals surface area contributed by atoms with E-state index in [2.05, 4.69) is 5.32 Å². The molecule has 13 nitrogen and oxygen atoms in total. The number of carboxylic acid groups (broad SMARTS) is 1. The SMILES string of the molecule is CC(C)(C)OC(=O)N[C@@H]1C(=O)N(OC(Cc2ccc([N+](=O)[O-])cc2)C(=O)O)[C@@H]1C(N)=O. The summed E-state index contributed by atoms with van der Waals surface area (Å²) in [5, 5.41) is 22.8. The van der Waals surface area contributed by atoms with Crippen molar-refractivity contribution in [2.24, 2.45) is 5.73 Å². The Morgan fingerprint density at radius 1 is 1.29 bits per heavy atom. The molecule has 3 atom stereocenters. The number of hydrogen-bond acceptors (Lipinski definition) is 8. The number of nitro groups is 1. The molecule has 1 aromatic rings. The predicted molar refractivity (Wildman–Crippen MR) is 102 cm³/mol. The largest absolute Gasteiger partial charge is 0.479 e. The van der Waals surface area contributed by atoms with Crippen LogP contribution in [0.2, 0.25) is 0 Å². The first kappa shape index (κ1) is 23.5. The Labute approximate surface area is 176 Å². The van der Waals surface area contributed by atoms with E-state index >= 15 is 0 Å². The number of hydrogen-bond donors (Lipinski definition) is 3. The second kappa shape index (κ2) is 8.95. The monoisotopic (exact) mass is 438 g/mol. The third-order valence-electron chi connectivity index (χ3n) is 4.10. The topological polar surface area (TPSA) is 191 Å². The highest BCUT2D eigenvalue weighted by atomic mass is 16.7. The quantitative estimate of drug-likeness (QED) is 0.287. The molecule has 31 heavy (non-hydrogen) atoms. The van der Waals surface area contributed by atoms with Gasteiger partial charge in [0.1, 0.15) is 11.6 Å². The number of primary amides is 1. The summed E-state index contributed by atoms with van der Waals surface area (Å²) < 4.78 is 5.02. The van der Waals surface area contributed by atoms with Crippen molar-refractivity contribution in [2.75, 3.05) is 0 Å².